The first-order valence-electron chi connectivity index (χ1n) is 5.56. The normalized spacial score (nSPS) is 21.8. The first-order chi connectivity index (χ1) is 7.50. The summed E-state index contributed by atoms with van der Waals surface area (Å²) in [6.45, 7) is 4.25. The summed E-state index contributed by atoms with van der Waals surface area (Å²) < 4.78 is 30.4. The lowest BCUT2D eigenvalue weighted by Gasteiger charge is -2.37. The molecule has 1 unspecified atom stereocenters. The van der Waals surface area contributed by atoms with Gasteiger partial charge in [0.05, 0.1) is 18.8 Å². The summed E-state index contributed by atoms with van der Waals surface area (Å²) in [5, 5.41) is 3.89. The number of nitrogens with zero attached hydrogens (tertiary/aromatic N) is 2. The maximum atomic E-state index is 12.6. The van der Waals surface area contributed by atoms with Crippen LogP contribution >= 0.6 is 0 Å². The molecule has 0 amide bonds. The molecule has 2 heterocycles. The fourth-order valence-electron chi connectivity index (χ4n) is 1.79. The van der Waals surface area contributed by atoms with E-state index in [1.54, 1.807) is 4.90 Å². The van der Waals surface area contributed by atoms with E-state index in [9.17, 15) is 8.78 Å². The van der Waals surface area contributed by atoms with Gasteiger partial charge in [0.15, 0.2) is 0 Å². The van der Waals surface area contributed by atoms with Crippen LogP contribution in [0.3, 0.4) is 0 Å². The molecule has 0 N–H and O–H groups in total. The molecule has 1 aliphatic heterocycles. The highest BCUT2D eigenvalue weighted by Crippen LogP contribution is 2.28. The summed E-state index contributed by atoms with van der Waals surface area (Å²) in [6, 6.07) is 1.87. The average molecular weight is 230 g/mol. The Morgan fingerprint density at radius 1 is 1.56 bits per heavy atom. The molecule has 2 rings (SSSR count). The van der Waals surface area contributed by atoms with Gasteiger partial charge in [-0.3, -0.25) is 4.90 Å². The van der Waals surface area contributed by atoms with Gasteiger partial charge in [0.2, 0.25) is 0 Å². The van der Waals surface area contributed by atoms with Gasteiger partial charge in [0, 0.05) is 18.5 Å². The summed E-state index contributed by atoms with van der Waals surface area (Å²) >= 11 is 0. The largest absolute Gasteiger partial charge is 0.361 e. The van der Waals surface area contributed by atoms with E-state index in [-0.39, 0.29) is 13.1 Å². The predicted octanol–water partition coefficient (Wildman–Crippen LogP) is 2.64. The minimum atomic E-state index is -2.51. The maximum Gasteiger partial charge on any atom is 0.272 e. The molecule has 0 bridgehead atoms. The average Bonchev–Trinajstić information content (AvgIpc) is 2.62. The summed E-state index contributed by atoms with van der Waals surface area (Å²) in [7, 11) is 0. The Balaban J connectivity index is 1.89. The number of rotatable bonds is 4. The van der Waals surface area contributed by atoms with Gasteiger partial charge >= 0.3 is 0 Å². The Hall–Kier alpha value is -0.970. The molecular formula is C11H16F2N2O. The lowest BCUT2D eigenvalue weighted by molar-refractivity contribution is -0.134. The number of halogens is 2. The minimum absolute atomic E-state index is 0.168. The second-order valence-electron chi connectivity index (χ2n) is 4.53. The Morgan fingerprint density at radius 3 is 2.81 bits per heavy atom. The Bertz CT molecular complexity index is 357. The van der Waals surface area contributed by atoms with E-state index in [1.165, 1.54) is 0 Å². The van der Waals surface area contributed by atoms with E-state index in [0.717, 1.165) is 17.9 Å². The van der Waals surface area contributed by atoms with Crippen LogP contribution in [0.4, 0.5) is 8.78 Å². The Morgan fingerprint density at radius 2 is 2.25 bits per heavy atom. The third-order valence-corrected chi connectivity index (χ3v) is 2.97. The molecule has 1 aromatic rings. The van der Waals surface area contributed by atoms with Gasteiger partial charge in [-0.25, -0.2) is 8.78 Å². The zero-order valence-corrected chi connectivity index (χ0v) is 9.54. The highest BCUT2D eigenvalue weighted by Gasteiger charge is 2.43. The number of hydrogen-bond donors (Lipinski definition) is 0. The molecule has 1 saturated heterocycles. The standard InChI is InChI=1S/C11H16F2N2O/c1-3-8(2)10-4-9(14-16-10)5-15-6-11(12,13)7-15/h4,8H,3,5-7H2,1-2H3. The molecule has 1 fully saturated rings. The maximum absolute atomic E-state index is 12.6. The minimum Gasteiger partial charge on any atom is -0.361 e. The SMILES string of the molecule is CCC(C)c1cc(CN2CC(F)(F)C2)no1. The van der Waals surface area contributed by atoms with Crippen LogP contribution in [0.1, 0.15) is 37.6 Å². The molecule has 1 atom stereocenters. The smallest absolute Gasteiger partial charge is 0.272 e. The third kappa shape index (κ3) is 2.40. The molecule has 0 saturated carbocycles. The number of likely N-dealkylation sites (tertiary alicyclic amines) is 1. The first kappa shape index (κ1) is 11.5. The van der Waals surface area contributed by atoms with E-state index in [0.29, 0.717) is 12.5 Å². The highest BCUT2D eigenvalue weighted by molar-refractivity contribution is 5.10. The lowest BCUT2D eigenvalue weighted by Crippen LogP contribution is -2.55. The topological polar surface area (TPSA) is 29.3 Å². The Labute approximate surface area is 93.4 Å². The molecule has 0 radical (unpaired) electrons. The second-order valence-corrected chi connectivity index (χ2v) is 4.53. The van der Waals surface area contributed by atoms with Crippen LogP contribution in [-0.2, 0) is 6.54 Å². The van der Waals surface area contributed by atoms with Crippen LogP contribution in [-0.4, -0.2) is 29.1 Å². The molecule has 0 aliphatic carbocycles. The van der Waals surface area contributed by atoms with Crippen molar-refractivity contribution >= 4 is 0 Å². The summed E-state index contributed by atoms with van der Waals surface area (Å²) in [5.41, 5.74) is 0.741. The quantitative estimate of drug-likeness (QED) is 0.796. The van der Waals surface area contributed by atoms with Crippen molar-refractivity contribution in [1.82, 2.24) is 10.1 Å². The predicted molar refractivity (Wildman–Crippen MR) is 55.4 cm³/mol. The molecule has 1 aromatic heterocycles. The third-order valence-electron chi connectivity index (χ3n) is 2.97. The lowest BCUT2D eigenvalue weighted by atomic mass is 10.1. The number of alkyl halides is 2. The fraction of sp³-hybridized carbons (Fsp3) is 0.727. The van der Waals surface area contributed by atoms with Gasteiger partial charge in [0.1, 0.15) is 5.76 Å². The van der Waals surface area contributed by atoms with Crippen molar-refractivity contribution in [2.24, 2.45) is 0 Å². The molecule has 0 spiro atoms. The first-order valence-corrected chi connectivity index (χ1v) is 5.56. The second kappa shape index (κ2) is 4.13. The molecule has 1 aliphatic rings. The van der Waals surface area contributed by atoms with Gasteiger partial charge in [-0.15, -0.1) is 0 Å². The van der Waals surface area contributed by atoms with Crippen LogP contribution in [0.15, 0.2) is 10.6 Å². The molecule has 5 heteroatoms. The van der Waals surface area contributed by atoms with Crippen LogP contribution in [0.25, 0.3) is 0 Å². The van der Waals surface area contributed by atoms with E-state index in [1.807, 2.05) is 6.07 Å². The van der Waals surface area contributed by atoms with Crippen molar-refractivity contribution in [3.63, 3.8) is 0 Å². The van der Waals surface area contributed by atoms with Crippen LogP contribution in [0.5, 0.6) is 0 Å². The van der Waals surface area contributed by atoms with E-state index in [4.69, 9.17) is 4.52 Å². The van der Waals surface area contributed by atoms with Gasteiger partial charge in [-0.1, -0.05) is 19.0 Å². The van der Waals surface area contributed by atoms with Gasteiger partial charge in [-0.2, -0.15) is 0 Å². The van der Waals surface area contributed by atoms with E-state index < -0.39 is 5.92 Å². The molecule has 90 valence electrons. The van der Waals surface area contributed by atoms with Crippen molar-refractivity contribution in [2.45, 2.75) is 38.7 Å². The van der Waals surface area contributed by atoms with Crippen molar-refractivity contribution in [3.05, 3.63) is 17.5 Å². The summed E-state index contributed by atoms with van der Waals surface area (Å²) in [6.07, 6.45) is 0.983. The van der Waals surface area contributed by atoms with Gasteiger partial charge < -0.3 is 4.52 Å². The van der Waals surface area contributed by atoms with Crippen molar-refractivity contribution in [1.29, 1.82) is 0 Å². The summed E-state index contributed by atoms with van der Waals surface area (Å²) in [4.78, 5) is 1.66. The van der Waals surface area contributed by atoms with Crippen LogP contribution in [0.2, 0.25) is 0 Å². The number of aromatic nitrogens is 1. The van der Waals surface area contributed by atoms with E-state index in [2.05, 4.69) is 19.0 Å². The van der Waals surface area contributed by atoms with Crippen molar-refractivity contribution in [3.8, 4) is 0 Å². The van der Waals surface area contributed by atoms with Gasteiger partial charge in [0.25, 0.3) is 5.92 Å². The fourth-order valence-corrected chi connectivity index (χ4v) is 1.79. The zero-order valence-electron chi connectivity index (χ0n) is 9.54. The molecule has 16 heavy (non-hydrogen) atoms. The van der Waals surface area contributed by atoms with Crippen LogP contribution in [0, 0.1) is 0 Å². The van der Waals surface area contributed by atoms with Crippen molar-refractivity contribution in [2.75, 3.05) is 13.1 Å². The number of hydrogen-bond acceptors (Lipinski definition) is 3. The monoisotopic (exact) mass is 230 g/mol. The van der Waals surface area contributed by atoms with Gasteiger partial charge in [-0.05, 0) is 6.42 Å². The molecular weight excluding hydrogens is 214 g/mol. The summed E-state index contributed by atoms with van der Waals surface area (Å²) in [5.74, 6) is -1.34. The molecule has 0 aromatic carbocycles. The zero-order chi connectivity index (χ0) is 11.8. The van der Waals surface area contributed by atoms with Crippen LogP contribution < -0.4 is 0 Å². The van der Waals surface area contributed by atoms with Crippen molar-refractivity contribution < 1.29 is 13.3 Å². The Kier molecular flexibility index (Phi) is 2.97. The molecule has 3 nitrogen and oxygen atoms in total. The highest BCUT2D eigenvalue weighted by atomic mass is 19.3. The van der Waals surface area contributed by atoms with E-state index >= 15 is 0 Å².